The van der Waals surface area contributed by atoms with Crippen molar-refractivity contribution in [1.82, 2.24) is 9.36 Å². The Bertz CT molecular complexity index is 609. The van der Waals surface area contributed by atoms with Crippen LogP contribution in [0.2, 0.25) is 0 Å². The molecule has 0 spiro atoms. The van der Waals surface area contributed by atoms with Crippen LogP contribution in [-0.4, -0.2) is 46.0 Å². The van der Waals surface area contributed by atoms with Gasteiger partial charge in [0.2, 0.25) is 16.7 Å². The molecule has 0 saturated heterocycles. The summed E-state index contributed by atoms with van der Waals surface area (Å²) in [6, 6.07) is 0. The van der Waals surface area contributed by atoms with E-state index in [1.165, 1.54) is 6.08 Å². The van der Waals surface area contributed by atoms with E-state index in [9.17, 15) is 9.36 Å². The second-order valence-corrected chi connectivity index (χ2v) is 6.18. The fraction of sp³-hybridized carbons (Fsp3) is 0.455. The van der Waals surface area contributed by atoms with E-state index in [4.69, 9.17) is 19.0 Å². The zero-order chi connectivity index (χ0) is 17.3. The number of aliphatic carboxylic acids is 1. The Morgan fingerprint density at radius 1 is 1.48 bits per heavy atom. The topological polar surface area (TPSA) is 132 Å². The molecule has 0 atom stereocenters. The van der Waals surface area contributed by atoms with Crippen LogP contribution in [0.3, 0.4) is 0 Å². The lowest BCUT2D eigenvalue weighted by Crippen LogP contribution is -2.17. The Balaban J connectivity index is 2.94. The minimum Gasteiger partial charge on any atom is -0.476 e. The largest absolute Gasteiger partial charge is 0.476 e. The molecular formula is C11H17N4O6PS. The zero-order valence-corrected chi connectivity index (χ0v) is 14.3. The number of anilines is 1. The van der Waals surface area contributed by atoms with Crippen molar-refractivity contribution in [2.75, 3.05) is 24.9 Å². The second kappa shape index (κ2) is 9.36. The predicted octanol–water partition coefficient (Wildman–Crippen LogP) is 2.12. The van der Waals surface area contributed by atoms with Gasteiger partial charge in [0.05, 0.1) is 13.2 Å². The molecule has 0 radical (unpaired) electrons. The molecule has 1 rings (SSSR count). The molecule has 10 nitrogen and oxygen atoms in total. The maximum atomic E-state index is 12.3. The van der Waals surface area contributed by atoms with Crippen LogP contribution in [0.25, 0.3) is 0 Å². The normalized spacial score (nSPS) is 12.0. The van der Waals surface area contributed by atoms with Crippen molar-refractivity contribution in [2.45, 2.75) is 13.8 Å². The minimum atomic E-state index is -3.58. The van der Waals surface area contributed by atoms with Crippen LogP contribution in [0, 0.1) is 0 Å². The summed E-state index contributed by atoms with van der Waals surface area (Å²) in [7, 11) is -3.58. The van der Waals surface area contributed by atoms with Gasteiger partial charge in [0.25, 0.3) is 0 Å². The van der Waals surface area contributed by atoms with Crippen molar-refractivity contribution >= 4 is 36.1 Å². The van der Waals surface area contributed by atoms with Crippen LogP contribution in [0.5, 0.6) is 0 Å². The molecule has 0 aliphatic heterocycles. The predicted molar refractivity (Wildman–Crippen MR) is 84.7 cm³/mol. The first-order valence-corrected chi connectivity index (χ1v) is 8.83. The standard InChI is InChI=1S/C11H17N4O6PS/c1-4-7-19-13-8(10(16)17)9-12-11(23-15-9)14-22(18,20-5-2)21-6-3/h4H,1,5-7H2,2-3H3,(H,16,17)(H,12,14,15,18). The summed E-state index contributed by atoms with van der Waals surface area (Å²) in [5.41, 5.74) is -0.487. The van der Waals surface area contributed by atoms with Crippen molar-refractivity contribution in [3.63, 3.8) is 0 Å². The molecular weight excluding hydrogens is 347 g/mol. The number of carboxylic acid groups (broad SMARTS) is 1. The second-order valence-electron chi connectivity index (χ2n) is 3.70. The summed E-state index contributed by atoms with van der Waals surface area (Å²) in [5.74, 6) is -1.55. The molecule has 0 bridgehead atoms. The molecule has 12 heteroatoms. The molecule has 0 unspecified atom stereocenters. The van der Waals surface area contributed by atoms with Gasteiger partial charge < -0.3 is 9.94 Å². The van der Waals surface area contributed by atoms with E-state index in [1.807, 2.05) is 0 Å². The third-order valence-electron chi connectivity index (χ3n) is 2.02. The van der Waals surface area contributed by atoms with Gasteiger partial charge in [-0.1, -0.05) is 17.8 Å². The molecule has 128 valence electrons. The maximum absolute atomic E-state index is 12.3. The average molecular weight is 364 g/mol. The van der Waals surface area contributed by atoms with E-state index < -0.39 is 19.4 Å². The maximum Gasteiger partial charge on any atom is 0.434 e. The van der Waals surface area contributed by atoms with Crippen molar-refractivity contribution in [1.29, 1.82) is 0 Å². The molecule has 1 heterocycles. The van der Waals surface area contributed by atoms with E-state index >= 15 is 0 Å². The SMILES string of the molecule is C=CCON=C(C(=O)O)c1nsc(NP(=O)(OCC)OCC)n1. The van der Waals surface area contributed by atoms with E-state index in [-0.39, 0.29) is 30.8 Å². The summed E-state index contributed by atoms with van der Waals surface area (Å²) in [5, 5.41) is 15.1. The molecule has 2 N–H and O–H groups in total. The highest BCUT2D eigenvalue weighted by atomic mass is 32.1. The summed E-state index contributed by atoms with van der Waals surface area (Å²) in [6.45, 7) is 7.09. The summed E-state index contributed by atoms with van der Waals surface area (Å²) in [4.78, 5) is 19.8. The Labute approximate surface area is 136 Å². The molecule has 0 aliphatic carbocycles. The first-order valence-electron chi connectivity index (χ1n) is 6.51. The number of hydrogen-bond acceptors (Lipinski definition) is 9. The van der Waals surface area contributed by atoms with Crippen molar-refractivity contribution in [2.24, 2.45) is 5.16 Å². The summed E-state index contributed by atoms with van der Waals surface area (Å²) < 4.78 is 26.2. The van der Waals surface area contributed by atoms with E-state index in [2.05, 4.69) is 26.2 Å². The zero-order valence-electron chi connectivity index (χ0n) is 12.6. The van der Waals surface area contributed by atoms with Crippen LogP contribution in [0.1, 0.15) is 19.7 Å². The Hall–Kier alpha value is -1.81. The highest BCUT2D eigenvalue weighted by Gasteiger charge is 2.27. The van der Waals surface area contributed by atoms with E-state index in [1.54, 1.807) is 13.8 Å². The lowest BCUT2D eigenvalue weighted by Gasteiger charge is -2.16. The number of rotatable bonds is 11. The van der Waals surface area contributed by atoms with Crippen molar-refractivity contribution < 1.29 is 28.4 Å². The van der Waals surface area contributed by atoms with Gasteiger partial charge in [-0.15, -0.1) is 0 Å². The number of nitrogens with zero attached hydrogens (tertiary/aromatic N) is 3. The number of aromatic nitrogens is 2. The smallest absolute Gasteiger partial charge is 0.434 e. The molecule has 0 aromatic carbocycles. The van der Waals surface area contributed by atoms with Gasteiger partial charge >= 0.3 is 13.7 Å². The highest BCUT2D eigenvalue weighted by molar-refractivity contribution is 7.56. The number of carbonyl (C=O) groups is 1. The van der Waals surface area contributed by atoms with Gasteiger partial charge in [0.15, 0.2) is 0 Å². The minimum absolute atomic E-state index is 0.0376. The van der Waals surface area contributed by atoms with Crippen molar-refractivity contribution in [3.05, 3.63) is 18.5 Å². The molecule has 0 aliphatic rings. The average Bonchev–Trinajstić information content (AvgIpc) is 2.91. The van der Waals surface area contributed by atoms with Gasteiger partial charge in [-0.25, -0.2) is 9.36 Å². The van der Waals surface area contributed by atoms with Crippen LogP contribution in [0.15, 0.2) is 17.8 Å². The molecule has 23 heavy (non-hydrogen) atoms. The van der Waals surface area contributed by atoms with Crippen molar-refractivity contribution in [3.8, 4) is 0 Å². The first kappa shape index (κ1) is 19.2. The van der Waals surface area contributed by atoms with Crippen LogP contribution < -0.4 is 5.09 Å². The molecule has 0 amide bonds. The van der Waals surface area contributed by atoms with Gasteiger partial charge in [-0.05, 0) is 13.8 Å². The first-order chi connectivity index (χ1) is 11.0. The Morgan fingerprint density at radius 2 is 2.13 bits per heavy atom. The van der Waals surface area contributed by atoms with E-state index in [0.29, 0.717) is 0 Å². The Kier molecular flexibility index (Phi) is 7.83. The fourth-order valence-electron chi connectivity index (χ4n) is 1.25. The van der Waals surface area contributed by atoms with Crippen LogP contribution in [0.4, 0.5) is 5.13 Å². The molecule has 1 aromatic rings. The molecule has 1 aromatic heterocycles. The lowest BCUT2D eigenvalue weighted by atomic mass is 10.4. The van der Waals surface area contributed by atoms with Gasteiger partial charge in [-0.2, -0.15) is 9.36 Å². The monoisotopic (exact) mass is 364 g/mol. The quantitative estimate of drug-likeness (QED) is 0.199. The van der Waals surface area contributed by atoms with Gasteiger partial charge in [-0.3, -0.25) is 14.1 Å². The van der Waals surface area contributed by atoms with Gasteiger partial charge in [0.1, 0.15) is 6.61 Å². The fourth-order valence-corrected chi connectivity index (χ4v) is 3.35. The Morgan fingerprint density at radius 3 is 2.65 bits per heavy atom. The number of hydrogen-bond donors (Lipinski definition) is 2. The van der Waals surface area contributed by atoms with Crippen LogP contribution in [-0.2, 0) is 23.2 Å². The van der Waals surface area contributed by atoms with E-state index in [0.717, 1.165) is 11.5 Å². The lowest BCUT2D eigenvalue weighted by molar-refractivity contribution is -0.129. The highest BCUT2D eigenvalue weighted by Crippen LogP contribution is 2.47. The number of carboxylic acids is 1. The molecule has 0 fully saturated rings. The number of oxime groups is 1. The number of nitrogens with one attached hydrogen (secondary N) is 1. The summed E-state index contributed by atoms with van der Waals surface area (Å²) in [6.07, 6.45) is 1.41. The third-order valence-corrected chi connectivity index (χ3v) is 4.48. The third kappa shape index (κ3) is 6.06. The van der Waals surface area contributed by atoms with Crippen LogP contribution >= 0.6 is 19.3 Å². The summed E-state index contributed by atoms with van der Waals surface area (Å²) >= 11 is 0.789. The van der Waals surface area contributed by atoms with Gasteiger partial charge in [0, 0.05) is 11.5 Å². The molecule has 0 saturated carbocycles.